The molecule has 0 saturated heterocycles. The minimum Gasteiger partial charge on any atom is -0.490 e. The first-order valence-electron chi connectivity index (χ1n) is 5.97. The zero-order valence-corrected chi connectivity index (χ0v) is 11.0. The second-order valence-electron chi connectivity index (χ2n) is 4.11. The molecule has 0 heterocycles. The van der Waals surface area contributed by atoms with E-state index in [2.05, 4.69) is 5.32 Å². The standard InChI is InChI=1S/C13H18FN3O2/c1-3-19-11(12(15)13(16)18)7-17-10-5-4-9(14)6-8(10)2/h4,6-7,10,15,17H,3,5H2,1-2H3,(H2,16,18)/b11-7+,15-12?. The summed E-state index contributed by atoms with van der Waals surface area (Å²) in [6.45, 7) is 3.86. The molecule has 1 unspecified atom stereocenters. The van der Waals surface area contributed by atoms with Crippen LogP contribution in [0.2, 0.25) is 0 Å². The molecular weight excluding hydrogens is 249 g/mol. The van der Waals surface area contributed by atoms with Gasteiger partial charge in [0, 0.05) is 6.20 Å². The van der Waals surface area contributed by atoms with Gasteiger partial charge in [-0.2, -0.15) is 0 Å². The Hall–Kier alpha value is -2.11. The van der Waals surface area contributed by atoms with E-state index in [1.807, 2.05) is 0 Å². The van der Waals surface area contributed by atoms with Crippen LogP contribution in [0.25, 0.3) is 0 Å². The first-order chi connectivity index (χ1) is 8.95. The van der Waals surface area contributed by atoms with Crippen molar-refractivity contribution in [1.29, 1.82) is 5.41 Å². The average molecular weight is 267 g/mol. The molecule has 0 fully saturated rings. The predicted octanol–water partition coefficient (Wildman–Crippen LogP) is 1.53. The largest absolute Gasteiger partial charge is 0.490 e. The maximum absolute atomic E-state index is 13.0. The van der Waals surface area contributed by atoms with E-state index in [1.54, 1.807) is 13.8 Å². The van der Waals surface area contributed by atoms with Crippen LogP contribution in [0.5, 0.6) is 0 Å². The number of rotatable bonds is 6. The van der Waals surface area contributed by atoms with Crippen molar-refractivity contribution in [3.8, 4) is 0 Å². The summed E-state index contributed by atoms with van der Waals surface area (Å²) >= 11 is 0. The summed E-state index contributed by atoms with van der Waals surface area (Å²) in [6.07, 6.45) is 4.83. The molecule has 1 aliphatic rings. The lowest BCUT2D eigenvalue weighted by molar-refractivity contribution is -0.112. The van der Waals surface area contributed by atoms with E-state index in [9.17, 15) is 9.18 Å². The number of halogens is 1. The van der Waals surface area contributed by atoms with Gasteiger partial charge in [0.1, 0.15) is 5.83 Å². The van der Waals surface area contributed by atoms with Gasteiger partial charge in [0.25, 0.3) is 5.91 Å². The molecule has 1 aliphatic carbocycles. The second-order valence-corrected chi connectivity index (χ2v) is 4.11. The zero-order valence-electron chi connectivity index (χ0n) is 11.0. The van der Waals surface area contributed by atoms with E-state index < -0.39 is 11.6 Å². The molecule has 0 aromatic rings. The molecule has 0 aromatic carbocycles. The summed E-state index contributed by atoms with van der Waals surface area (Å²) in [6, 6.07) is -0.0874. The minimum atomic E-state index is -0.858. The number of carbonyl (C=O) groups excluding carboxylic acids is 1. The summed E-state index contributed by atoms with van der Waals surface area (Å²) in [5.74, 6) is -1.03. The van der Waals surface area contributed by atoms with Crippen molar-refractivity contribution in [2.24, 2.45) is 5.73 Å². The quantitative estimate of drug-likeness (QED) is 0.503. The monoisotopic (exact) mass is 267 g/mol. The summed E-state index contributed by atoms with van der Waals surface area (Å²) in [4.78, 5) is 11.0. The molecule has 0 aromatic heterocycles. The Labute approximate surface area is 111 Å². The highest BCUT2D eigenvalue weighted by atomic mass is 19.1. The van der Waals surface area contributed by atoms with E-state index in [0.29, 0.717) is 13.0 Å². The normalized spacial score (nSPS) is 19.3. The summed E-state index contributed by atoms with van der Waals surface area (Å²) in [5.41, 5.74) is 5.48. The van der Waals surface area contributed by atoms with Gasteiger partial charge in [0.2, 0.25) is 0 Å². The van der Waals surface area contributed by atoms with Crippen LogP contribution in [0.3, 0.4) is 0 Å². The maximum atomic E-state index is 13.0. The molecule has 6 heteroatoms. The Kier molecular flexibility index (Phi) is 5.29. The molecule has 0 aliphatic heterocycles. The number of carbonyl (C=O) groups is 1. The van der Waals surface area contributed by atoms with E-state index in [4.69, 9.17) is 15.9 Å². The molecule has 5 nitrogen and oxygen atoms in total. The van der Waals surface area contributed by atoms with Crippen molar-refractivity contribution in [1.82, 2.24) is 5.32 Å². The molecule has 104 valence electrons. The second kappa shape index (κ2) is 6.72. The smallest absolute Gasteiger partial charge is 0.270 e. The molecule has 4 N–H and O–H groups in total. The van der Waals surface area contributed by atoms with Crippen molar-refractivity contribution < 1.29 is 13.9 Å². The SMILES string of the molecule is CCO/C(=C/NC1CC=C(F)C=C1C)C(=N)C(N)=O. The number of primary amides is 1. The van der Waals surface area contributed by atoms with Crippen LogP contribution in [0.1, 0.15) is 20.3 Å². The van der Waals surface area contributed by atoms with Gasteiger partial charge in [0.15, 0.2) is 11.5 Å². The highest BCUT2D eigenvalue weighted by Gasteiger charge is 2.16. The summed E-state index contributed by atoms with van der Waals surface area (Å²) in [7, 11) is 0. The lowest BCUT2D eigenvalue weighted by Crippen LogP contribution is -2.30. The van der Waals surface area contributed by atoms with Crippen LogP contribution >= 0.6 is 0 Å². The zero-order chi connectivity index (χ0) is 14.4. The number of ether oxygens (including phenoxy) is 1. The van der Waals surface area contributed by atoms with Crippen LogP contribution in [-0.2, 0) is 9.53 Å². The average Bonchev–Trinajstić information content (AvgIpc) is 2.35. The van der Waals surface area contributed by atoms with Gasteiger partial charge >= 0.3 is 0 Å². The summed E-state index contributed by atoms with van der Waals surface area (Å²) in [5, 5.41) is 10.5. The van der Waals surface area contributed by atoms with Crippen molar-refractivity contribution in [3.05, 3.63) is 35.5 Å². The van der Waals surface area contributed by atoms with Crippen LogP contribution in [0, 0.1) is 5.41 Å². The molecular formula is C13H18FN3O2. The van der Waals surface area contributed by atoms with Gasteiger partial charge in [0.05, 0.1) is 12.6 Å². The number of amides is 1. The molecule has 19 heavy (non-hydrogen) atoms. The van der Waals surface area contributed by atoms with E-state index in [-0.39, 0.29) is 17.6 Å². The van der Waals surface area contributed by atoms with Crippen molar-refractivity contribution >= 4 is 11.6 Å². The number of hydrogen-bond donors (Lipinski definition) is 3. The highest BCUT2D eigenvalue weighted by Crippen LogP contribution is 2.18. The molecule has 0 spiro atoms. The van der Waals surface area contributed by atoms with Gasteiger partial charge in [-0.3, -0.25) is 10.2 Å². The Morgan fingerprint density at radius 3 is 2.95 bits per heavy atom. The van der Waals surface area contributed by atoms with Crippen molar-refractivity contribution in [2.45, 2.75) is 26.3 Å². The number of nitrogens with one attached hydrogen (secondary N) is 2. The Morgan fingerprint density at radius 2 is 2.42 bits per heavy atom. The van der Waals surface area contributed by atoms with E-state index in [0.717, 1.165) is 5.57 Å². The minimum absolute atomic E-state index is 0.0813. The molecule has 1 atom stereocenters. The fourth-order valence-corrected chi connectivity index (χ4v) is 1.63. The van der Waals surface area contributed by atoms with Crippen molar-refractivity contribution in [3.63, 3.8) is 0 Å². The lowest BCUT2D eigenvalue weighted by atomic mass is 10.00. The Bertz CT molecular complexity index is 467. The third-order valence-electron chi connectivity index (χ3n) is 2.67. The van der Waals surface area contributed by atoms with Gasteiger partial charge < -0.3 is 15.8 Å². The lowest BCUT2D eigenvalue weighted by Gasteiger charge is -2.20. The van der Waals surface area contributed by atoms with E-state index >= 15 is 0 Å². The first kappa shape index (κ1) is 14.9. The maximum Gasteiger partial charge on any atom is 0.270 e. The van der Waals surface area contributed by atoms with Crippen LogP contribution < -0.4 is 11.1 Å². The predicted molar refractivity (Wildman–Crippen MR) is 71.1 cm³/mol. The summed E-state index contributed by atoms with van der Waals surface area (Å²) < 4.78 is 18.2. The number of hydrogen-bond acceptors (Lipinski definition) is 4. The molecule has 1 rings (SSSR count). The highest BCUT2D eigenvalue weighted by molar-refractivity contribution is 6.42. The fourth-order valence-electron chi connectivity index (χ4n) is 1.63. The van der Waals surface area contributed by atoms with Gasteiger partial charge in [-0.1, -0.05) is 0 Å². The molecule has 1 amide bonds. The molecule has 0 saturated carbocycles. The number of allylic oxidation sites excluding steroid dienone is 2. The Morgan fingerprint density at radius 1 is 1.74 bits per heavy atom. The fraction of sp³-hybridized carbons (Fsp3) is 0.385. The van der Waals surface area contributed by atoms with Gasteiger partial charge in [-0.05, 0) is 38.0 Å². The Balaban J connectivity index is 2.74. The third kappa shape index (κ3) is 4.24. The first-order valence-corrected chi connectivity index (χ1v) is 5.97. The third-order valence-corrected chi connectivity index (χ3v) is 2.67. The molecule has 0 bridgehead atoms. The van der Waals surface area contributed by atoms with Crippen LogP contribution in [0.4, 0.5) is 4.39 Å². The van der Waals surface area contributed by atoms with Crippen LogP contribution in [0.15, 0.2) is 35.5 Å². The van der Waals surface area contributed by atoms with Crippen molar-refractivity contribution in [2.75, 3.05) is 6.61 Å². The number of nitrogens with two attached hydrogens (primary N) is 1. The van der Waals surface area contributed by atoms with Gasteiger partial charge in [-0.15, -0.1) is 0 Å². The topological polar surface area (TPSA) is 88.2 Å². The van der Waals surface area contributed by atoms with Gasteiger partial charge in [-0.25, -0.2) is 4.39 Å². The molecule has 0 radical (unpaired) electrons. The van der Waals surface area contributed by atoms with Crippen LogP contribution in [-0.4, -0.2) is 24.3 Å². The van der Waals surface area contributed by atoms with E-state index in [1.165, 1.54) is 18.4 Å².